The lowest BCUT2D eigenvalue weighted by Crippen LogP contribution is -1.99. The molecule has 18 heavy (non-hydrogen) atoms. The summed E-state index contributed by atoms with van der Waals surface area (Å²) in [5.41, 5.74) is 0.986. The van der Waals surface area contributed by atoms with E-state index in [9.17, 15) is 8.78 Å². The molecule has 0 bridgehead atoms. The lowest BCUT2D eigenvalue weighted by Gasteiger charge is -2.10. The van der Waals surface area contributed by atoms with Crippen LogP contribution in [0.2, 0.25) is 0 Å². The monoisotopic (exact) mass is 376 g/mol. The lowest BCUT2D eigenvalue weighted by molar-refractivity contribution is 0.597. The SMILES string of the molecule is Cc1ccnc(Nc2cc(F)c(Br)cc2F)c1Br. The summed E-state index contributed by atoms with van der Waals surface area (Å²) >= 11 is 6.27. The van der Waals surface area contributed by atoms with E-state index >= 15 is 0 Å². The predicted molar refractivity (Wildman–Crippen MR) is 74.0 cm³/mol. The van der Waals surface area contributed by atoms with Crippen LogP contribution in [-0.4, -0.2) is 4.98 Å². The van der Waals surface area contributed by atoms with Crippen LogP contribution in [-0.2, 0) is 0 Å². The van der Waals surface area contributed by atoms with Crippen molar-refractivity contribution in [1.82, 2.24) is 4.98 Å². The fraction of sp³-hybridized carbons (Fsp3) is 0.0833. The summed E-state index contributed by atoms with van der Waals surface area (Å²) in [6.45, 7) is 1.88. The first-order valence-electron chi connectivity index (χ1n) is 5.01. The number of pyridine rings is 1. The van der Waals surface area contributed by atoms with E-state index < -0.39 is 11.6 Å². The molecule has 1 aromatic carbocycles. The van der Waals surface area contributed by atoms with Crippen LogP contribution in [0.3, 0.4) is 0 Å². The first-order chi connectivity index (χ1) is 8.49. The Hall–Kier alpha value is -1.01. The average Bonchev–Trinajstić information content (AvgIpc) is 2.32. The van der Waals surface area contributed by atoms with Gasteiger partial charge >= 0.3 is 0 Å². The van der Waals surface area contributed by atoms with Crippen LogP contribution in [0.15, 0.2) is 33.3 Å². The number of nitrogens with one attached hydrogen (secondary N) is 1. The highest BCUT2D eigenvalue weighted by Gasteiger charge is 2.11. The summed E-state index contributed by atoms with van der Waals surface area (Å²) < 4.78 is 27.8. The standard InChI is InChI=1S/C12H8Br2F2N2/c1-6-2-3-17-12(11(6)14)18-10-5-8(15)7(13)4-9(10)16/h2-5H,1H3,(H,17,18). The fourth-order valence-corrected chi connectivity index (χ4v) is 2.02. The molecule has 94 valence electrons. The number of aromatic nitrogens is 1. The molecule has 0 aliphatic rings. The maximum Gasteiger partial charge on any atom is 0.148 e. The van der Waals surface area contributed by atoms with E-state index in [2.05, 4.69) is 42.2 Å². The highest BCUT2D eigenvalue weighted by molar-refractivity contribution is 9.11. The molecule has 0 spiro atoms. The van der Waals surface area contributed by atoms with Gasteiger partial charge in [-0.15, -0.1) is 0 Å². The molecule has 0 saturated carbocycles. The van der Waals surface area contributed by atoms with Crippen molar-refractivity contribution >= 4 is 43.4 Å². The van der Waals surface area contributed by atoms with Gasteiger partial charge in [0.25, 0.3) is 0 Å². The normalized spacial score (nSPS) is 10.5. The topological polar surface area (TPSA) is 24.9 Å². The molecular weight excluding hydrogens is 370 g/mol. The van der Waals surface area contributed by atoms with Crippen LogP contribution in [0.1, 0.15) is 5.56 Å². The van der Waals surface area contributed by atoms with Crippen LogP contribution in [0.4, 0.5) is 20.3 Å². The van der Waals surface area contributed by atoms with E-state index in [1.54, 1.807) is 6.20 Å². The van der Waals surface area contributed by atoms with Gasteiger partial charge < -0.3 is 5.32 Å². The minimum Gasteiger partial charge on any atom is -0.337 e. The van der Waals surface area contributed by atoms with Crippen LogP contribution >= 0.6 is 31.9 Å². The Balaban J connectivity index is 2.40. The van der Waals surface area contributed by atoms with Gasteiger partial charge in [-0.05, 0) is 56.5 Å². The van der Waals surface area contributed by atoms with Crippen molar-refractivity contribution in [1.29, 1.82) is 0 Å². The fourth-order valence-electron chi connectivity index (χ4n) is 1.37. The number of nitrogens with zero attached hydrogens (tertiary/aromatic N) is 1. The molecule has 0 atom stereocenters. The van der Waals surface area contributed by atoms with Crippen LogP contribution in [0.5, 0.6) is 0 Å². The molecule has 2 nitrogen and oxygen atoms in total. The van der Waals surface area contributed by atoms with Crippen LogP contribution < -0.4 is 5.32 Å². The second-order valence-electron chi connectivity index (χ2n) is 3.66. The molecule has 2 rings (SSSR count). The van der Waals surface area contributed by atoms with Crippen molar-refractivity contribution in [2.75, 3.05) is 5.32 Å². The van der Waals surface area contributed by atoms with Crippen molar-refractivity contribution in [3.63, 3.8) is 0 Å². The van der Waals surface area contributed by atoms with Gasteiger partial charge in [-0.25, -0.2) is 13.8 Å². The van der Waals surface area contributed by atoms with E-state index in [0.717, 1.165) is 17.7 Å². The maximum atomic E-state index is 13.6. The Kier molecular flexibility index (Phi) is 3.97. The minimum atomic E-state index is -0.557. The molecule has 0 amide bonds. The Labute approximate surface area is 120 Å². The zero-order valence-corrected chi connectivity index (χ0v) is 12.4. The minimum absolute atomic E-state index is 0.0366. The summed E-state index contributed by atoms with van der Waals surface area (Å²) in [7, 11) is 0. The van der Waals surface area contributed by atoms with Gasteiger partial charge in [0.1, 0.15) is 17.5 Å². The molecule has 0 saturated heterocycles. The van der Waals surface area contributed by atoms with Gasteiger partial charge in [0.15, 0.2) is 0 Å². The first-order valence-corrected chi connectivity index (χ1v) is 6.60. The number of halogens is 4. The van der Waals surface area contributed by atoms with Crippen molar-refractivity contribution in [2.24, 2.45) is 0 Å². The molecule has 0 unspecified atom stereocenters. The van der Waals surface area contributed by atoms with Gasteiger partial charge in [-0.2, -0.15) is 0 Å². The first kappa shape index (κ1) is 13.4. The van der Waals surface area contributed by atoms with E-state index in [1.807, 2.05) is 13.0 Å². The molecule has 0 fully saturated rings. The third-order valence-corrected chi connectivity index (χ3v) is 3.95. The number of anilines is 2. The molecule has 0 aliphatic carbocycles. The van der Waals surface area contributed by atoms with Gasteiger partial charge in [0.05, 0.1) is 14.6 Å². The summed E-state index contributed by atoms with van der Waals surface area (Å²) in [6.07, 6.45) is 1.59. The molecule has 0 radical (unpaired) electrons. The van der Waals surface area contributed by atoms with Gasteiger partial charge in [-0.1, -0.05) is 0 Å². The van der Waals surface area contributed by atoms with Crippen molar-refractivity contribution < 1.29 is 8.78 Å². The number of hydrogen-bond acceptors (Lipinski definition) is 2. The number of rotatable bonds is 2. The number of hydrogen-bond donors (Lipinski definition) is 1. The number of benzene rings is 1. The zero-order valence-electron chi connectivity index (χ0n) is 9.27. The highest BCUT2D eigenvalue weighted by atomic mass is 79.9. The van der Waals surface area contributed by atoms with Gasteiger partial charge in [-0.3, -0.25) is 0 Å². The Bertz CT molecular complexity index is 603. The van der Waals surface area contributed by atoms with Gasteiger partial charge in [0, 0.05) is 12.3 Å². The van der Waals surface area contributed by atoms with Crippen molar-refractivity contribution in [3.05, 3.63) is 50.5 Å². The number of aryl methyl sites for hydroxylation is 1. The quantitative estimate of drug-likeness (QED) is 0.750. The lowest BCUT2D eigenvalue weighted by atomic mass is 10.2. The molecule has 6 heteroatoms. The van der Waals surface area contributed by atoms with E-state index in [0.29, 0.717) is 10.3 Å². The van der Waals surface area contributed by atoms with E-state index in [-0.39, 0.29) is 10.2 Å². The summed E-state index contributed by atoms with van der Waals surface area (Å²) in [5, 5.41) is 2.76. The smallest absolute Gasteiger partial charge is 0.148 e. The van der Waals surface area contributed by atoms with Crippen LogP contribution in [0, 0.1) is 18.6 Å². The van der Waals surface area contributed by atoms with Gasteiger partial charge in [0.2, 0.25) is 0 Å². The Morgan fingerprint density at radius 2 is 1.89 bits per heavy atom. The average molecular weight is 378 g/mol. The summed E-state index contributed by atoms with van der Waals surface area (Å²) in [6, 6.07) is 3.96. The second-order valence-corrected chi connectivity index (χ2v) is 5.31. The van der Waals surface area contributed by atoms with E-state index in [4.69, 9.17) is 0 Å². The van der Waals surface area contributed by atoms with Crippen molar-refractivity contribution in [2.45, 2.75) is 6.92 Å². The maximum absolute atomic E-state index is 13.6. The molecule has 2 aromatic rings. The zero-order chi connectivity index (χ0) is 13.3. The van der Waals surface area contributed by atoms with Crippen molar-refractivity contribution in [3.8, 4) is 0 Å². The Morgan fingerprint density at radius 3 is 2.61 bits per heavy atom. The molecular formula is C12H8Br2F2N2. The summed E-state index contributed by atoms with van der Waals surface area (Å²) in [5.74, 6) is -0.656. The molecule has 1 N–H and O–H groups in total. The summed E-state index contributed by atoms with van der Waals surface area (Å²) in [4.78, 5) is 4.07. The Morgan fingerprint density at radius 1 is 1.17 bits per heavy atom. The van der Waals surface area contributed by atoms with Crippen LogP contribution in [0.25, 0.3) is 0 Å². The third kappa shape index (κ3) is 2.70. The molecule has 1 aromatic heterocycles. The largest absolute Gasteiger partial charge is 0.337 e. The molecule has 0 aliphatic heterocycles. The third-order valence-electron chi connectivity index (χ3n) is 2.35. The van der Waals surface area contributed by atoms with E-state index in [1.165, 1.54) is 0 Å². The highest BCUT2D eigenvalue weighted by Crippen LogP contribution is 2.29. The molecule has 1 heterocycles. The second kappa shape index (κ2) is 5.32. The predicted octanol–water partition coefficient (Wildman–Crippen LogP) is 4.94.